The molecule has 1 heterocycles. The lowest BCUT2D eigenvalue weighted by molar-refractivity contribution is -0.0899. The Kier molecular flexibility index (Phi) is 5.17. The molecule has 0 bridgehead atoms. The van der Waals surface area contributed by atoms with Crippen LogP contribution in [0.1, 0.15) is 56.7 Å². The van der Waals surface area contributed by atoms with E-state index in [0.717, 1.165) is 43.5 Å². The first-order valence-electron chi connectivity index (χ1n) is 7.70. The van der Waals surface area contributed by atoms with Crippen LogP contribution in [0.2, 0.25) is 0 Å². The fraction of sp³-hybridized carbons (Fsp3) is 0.647. The second-order valence-corrected chi connectivity index (χ2v) is 6.01. The Morgan fingerprint density at radius 3 is 2.85 bits per heavy atom. The van der Waals surface area contributed by atoms with Gasteiger partial charge in [0.1, 0.15) is 5.82 Å². The molecule has 0 spiro atoms. The van der Waals surface area contributed by atoms with Crippen molar-refractivity contribution in [2.45, 2.75) is 58.1 Å². The van der Waals surface area contributed by atoms with Crippen LogP contribution in [0.5, 0.6) is 0 Å². The van der Waals surface area contributed by atoms with Crippen molar-refractivity contribution in [2.24, 2.45) is 0 Å². The summed E-state index contributed by atoms with van der Waals surface area (Å²) in [4.78, 5) is 0. The molecule has 2 atom stereocenters. The van der Waals surface area contributed by atoms with Crippen LogP contribution >= 0.6 is 0 Å². The molecule has 1 aromatic carbocycles. The van der Waals surface area contributed by atoms with Crippen LogP contribution in [-0.2, 0) is 4.74 Å². The number of hydrogen-bond donors (Lipinski definition) is 1. The molecule has 20 heavy (non-hydrogen) atoms. The summed E-state index contributed by atoms with van der Waals surface area (Å²) in [5, 5.41) is 3.57. The Hall–Kier alpha value is -0.930. The standard InChI is InChI=1S/C17H26FNO/c1-4-10-19-16(17(3)9-5-6-11-20-17)15-12-14(18)8-7-13(15)2/h7-8,12,16,19H,4-6,9-11H2,1-3H3. The Balaban J connectivity index is 2.33. The molecule has 3 heteroatoms. The lowest BCUT2D eigenvalue weighted by Gasteiger charge is -2.42. The molecule has 0 amide bonds. The van der Waals surface area contributed by atoms with E-state index < -0.39 is 0 Å². The molecule has 0 saturated carbocycles. The highest BCUT2D eigenvalue weighted by Gasteiger charge is 2.38. The van der Waals surface area contributed by atoms with E-state index >= 15 is 0 Å². The summed E-state index contributed by atoms with van der Waals surface area (Å²) in [5.41, 5.74) is 1.91. The SMILES string of the molecule is CCCNC(c1cc(F)ccc1C)C1(C)CCCCO1. The number of benzene rings is 1. The van der Waals surface area contributed by atoms with Gasteiger partial charge in [0, 0.05) is 6.61 Å². The van der Waals surface area contributed by atoms with Gasteiger partial charge in [0.2, 0.25) is 0 Å². The molecule has 0 aliphatic carbocycles. The first kappa shape index (κ1) is 15.5. The molecule has 1 aliphatic rings. The normalized spacial score (nSPS) is 24.6. The average molecular weight is 279 g/mol. The van der Waals surface area contributed by atoms with Gasteiger partial charge in [-0.15, -0.1) is 0 Å². The number of aryl methyl sites for hydroxylation is 1. The fourth-order valence-electron chi connectivity index (χ4n) is 3.05. The molecule has 1 saturated heterocycles. The van der Waals surface area contributed by atoms with Crippen molar-refractivity contribution in [1.82, 2.24) is 5.32 Å². The average Bonchev–Trinajstić information content (AvgIpc) is 2.43. The minimum Gasteiger partial charge on any atom is -0.373 e. The maximum absolute atomic E-state index is 13.7. The lowest BCUT2D eigenvalue weighted by Crippen LogP contribution is -2.46. The van der Waals surface area contributed by atoms with Gasteiger partial charge in [0.25, 0.3) is 0 Å². The Morgan fingerprint density at radius 2 is 2.20 bits per heavy atom. The number of rotatable bonds is 5. The summed E-state index contributed by atoms with van der Waals surface area (Å²) in [6.07, 6.45) is 4.37. The summed E-state index contributed by atoms with van der Waals surface area (Å²) >= 11 is 0. The van der Waals surface area contributed by atoms with E-state index in [-0.39, 0.29) is 17.5 Å². The third kappa shape index (κ3) is 3.39. The van der Waals surface area contributed by atoms with Gasteiger partial charge < -0.3 is 10.1 Å². The molecule has 1 aliphatic heterocycles. The zero-order valence-corrected chi connectivity index (χ0v) is 12.8. The topological polar surface area (TPSA) is 21.3 Å². The van der Waals surface area contributed by atoms with Crippen LogP contribution in [0.4, 0.5) is 4.39 Å². The van der Waals surface area contributed by atoms with E-state index in [2.05, 4.69) is 19.2 Å². The maximum atomic E-state index is 13.7. The van der Waals surface area contributed by atoms with Crippen LogP contribution in [-0.4, -0.2) is 18.8 Å². The molecule has 1 fully saturated rings. The van der Waals surface area contributed by atoms with Gasteiger partial charge in [-0.2, -0.15) is 0 Å². The summed E-state index contributed by atoms with van der Waals surface area (Å²) in [6.45, 7) is 8.06. The quantitative estimate of drug-likeness (QED) is 0.875. The molecule has 2 nitrogen and oxygen atoms in total. The number of halogens is 1. The van der Waals surface area contributed by atoms with Gasteiger partial charge in [-0.25, -0.2) is 4.39 Å². The second-order valence-electron chi connectivity index (χ2n) is 6.01. The number of hydrogen-bond acceptors (Lipinski definition) is 2. The summed E-state index contributed by atoms with van der Waals surface area (Å²) in [5.74, 6) is -0.173. The van der Waals surface area contributed by atoms with Crippen molar-refractivity contribution in [2.75, 3.05) is 13.2 Å². The van der Waals surface area contributed by atoms with Crippen LogP contribution in [0.15, 0.2) is 18.2 Å². The molecule has 112 valence electrons. The summed E-state index contributed by atoms with van der Waals surface area (Å²) in [6, 6.07) is 5.10. The monoisotopic (exact) mass is 279 g/mol. The molecule has 2 unspecified atom stereocenters. The molecule has 2 rings (SSSR count). The van der Waals surface area contributed by atoms with E-state index in [0.29, 0.717) is 0 Å². The van der Waals surface area contributed by atoms with Crippen LogP contribution in [0.3, 0.4) is 0 Å². The fourth-order valence-corrected chi connectivity index (χ4v) is 3.05. The van der Waals surface area contributed by atoms with E-state index in [1.54, 1.807) is 6.07 Å². The first-order chi connectivity index (χ1) is 9.57. The van der Waals surface area contributed by atoms with E-state index in [1.165, 1.54) is 12.5 Å². The predicted molar refractivity (Wildman–Crippen MR) is 80.4 cm³/mol. The van der Waals surface area contributed by atoms with Crippen molar-refractivity contribution < 1.29 is 9.13 Å². The van der Waals surface area contributed by atoms with Crippen LogP contribution < -0.4 is 5.32 Å². The lowest BCUT2D eigenvalue weighted by atomic mass is 9.82. The predicted octanol–water partition coefficient (Wildman–Crippen LogP) is 4.13. The zero-order valence-electron chi connectivity index (χ0n) is 12.8. The summed E-state index contributed by atoms with van der Waals surface area (Å²) in [7, 11) is 0. The molecule has 1 aromatic rings. The van der Waals surface area contributed by atoms with Gasteiger partial charge >= 0.3 is 0 Å². The maximum Gasteiger partial charge on any atom is 0.123 e. The van der Waals surface area contributed by atoms with Crippen LogP contribution in [0.25, 0.3) is 0 Å². The minimum absolute atomic E-state index is 0.0541. The highest BCUT2D eigenvalue weighted by atomic mass is 19.1. The molecule has 1 N–H and O–H groups in total. The van der Waals surface area contributed by atoms with Crippen molar-refractivity contribution in [3.05, 3.63) is 35.1 Å². The smallest absolute Gasteiger partial charge is 0.123 e. The molecular formula is C17H26FNO. The highest BCUT2D eigenvalue weighted by Crippen LogP contribution is 2.37. The first-order valence-corrected chi connectivity index (χ1v) is 7.70. The van der Waals surface area contributed by atoms with Crippen molar-refractivity contribution in [1.29, 1.82) is 0 Å². The van der Waals surface area contributed by atoms with E-state index in [9.17, 15) is 4.39 Å². The van der Waals surface area contributed by atoms with E-state index in [4.69, 9.17) is 4.74 Å². The largest absolute Gasteiger partial charge is 0.373 e. The van der Waals surface area contributed by atoms with Gasteiger partial charge in [-0.3, -0.25) is 0 Å². The zero-order chi connectivity index (χ0) is 14.6. The Bertz CT molecular complexity index is 441. The second kappa shape index (κ2) is 6.68. The van der Waals surface area contributed by atoms with Crippen molar-refractivity contribution in [3.63, 3.8) is 0 Å². The van der Waals surface area contributed by atoms with Gasteiger partial charge in [-0.05, 0) is 69.3 Å². The highest BCUT2D eigenvalue weighted by molar-refractivity contribution is 5.31. The molecule has 0 aromatic heterocycles. The number of ether oxygens (including phenoxy) is 1. The third-order valence-electron chi connectivity index (χ3n) is 4.26. The molecular weight excluding hydrogens is 253 g/mol. The van der Waals surface area contributed by atoms with Crippen LogP contribution in [0, 0.1) is 12.7 Å². The van der Waals surface area contributed by atoms with Crippen molar-refractivity contribution in [3.8, 4) is 0 Å². The van der Waals surface area contributed by atoms with Gasteiger partial charge in [0.05, 0.1) is 11.6 Å². The Morgan fingerprint density at radius 1 is 1.40 bits per heavy atom. The molecule has 0 radical (unpaired) electrons. The number of nitrogens with one attached hydrogen (secondary N) is 1. The minimum atomic E-state index is -0.244. The van der Waals surface area contributed by atoms with Gasteiger partial charge in [0.15, 0.2) is 0 Å². The third-order valence-corrected chi connectivity index (χ3v) is 4.26. The van der Waals surface area contributed by atoms with Gasteiger partial charge in [-0.1, -0.05) is 13.0 Å². The van der Waals surface area contributed by atoms with Crippen molar-refractivity contribution >= 4 is 0 Å². The Labute approximate surface area is 121 Å². The van der Waals surface area contributed by atoms with E-state index in [1.807, 2.05) is 13.0 Å². The summed E-state index contributed by atoms with van der Waals surface area (Å²) < 4.78 is 19.7.